The fourth-order valence-corrected chi connectivity index (χ4v) is 2.40. The average Bonchev–Trinajstić information content (AvgIpc) is 2.33. The maximum atomic E-state index is 9.03. The Morgan fingerprint density at radius 3 is 2.50 bits per heavy atom. The van der Waals surface area contributed by atoms with E-state index >= 15 is 0 Å². The molecule has 18 heavy (non-hydrogen) atoms. The summed E-state index contributed by atoms with van der Waals surface area (Å²) in [6.45, 7) is -0.0935. The smallest absolute Gasteiger partial charge is 0.141 e. The summed E-state index contributed by atoms with van der Waals surface area (Å²) in [6, 6.07) is 10.4. The van der Waals surface area contributed by atoms with Gasteiger partial charge < -0.3 is 9.84 Å². The van der Waals surface area contributed by atoms with Gasteiger partial charge in [0.15, 0.2) is 0 Å². The number of aliphatic hydroxyl groups is 1. The lowest BCUT2D eigenvalue weighted by Gasteiger charge is -2.09. The summed E-state index contributed by atoms with van der Waals surface area (Å²) < 4.78 is 6.43. The monoisotopic (exact) mass is 346 g/mol. The van der Waals surface area contributed by atoms with E-state index in [1.165, 1.54) is 0 Å². The molecule has 2 rings (SSSR count). The van der Waals surface area contributed by atoms with E-state index in [0.29, 0.717) is 27.1 Å². The molecule has 0 saturated heterocycles. The molecule has 94 valence electrons. The number of aliphatic hydroxyl groups excluding tert-OH is 1. The van der Waals surface area contributed by atoms with Crippen molar-refractivity contribution in [2.24, 2.45) is 0 Å². The maximum Gasteiger partial charge on any atom is 0.141 e. The molecule has 0 fully saturated rings. The second kappa shape index (κ2) is 5.93. The van der Waals surface area contributed by atoms with Crippen LogP contribution in [0.2, 0.25) is 10.0 Å². The van der Waals surface area contributed by atoms with Crippen LogP contribution in [0.1, 0.15) is 5.56 Å². The molecule has 0 aliphatic heterocycles. The molecule has 2 aromatic carbocycles. The molecule has 0 aromatic heterocycles. The topological polar surface area (TPSA) is 29.5 Å². The summed E-state index contributed by atoms with van der Waals surface area (Å²) in [6.07, 6.45) is 0. The van der Waals surface area contributed by atoms with Crippen molar-refractivity contribution in [3.8, 4) is 11.5 Å². The molecule has 0 aliphatic carbocycles. The van der Waals surface area contributed by atoms with Gasteiger partial charge in [-0.2, -0.15) is 0 Å². The largest absolute Gasteiger partial charge is 0.456 e. The first-order valence-electron chi connectivity index (χ1n) is 5.12. The first-order chi connectivity index (χ1) is 8.60. The Kier molecular flexibility index (Phi) is 4.51. The molecule has 0 atom stereocenters. The normalized spacial score (nSPS) is 10.4. The van der Waals surface area contributed by atoms with Gasteiger partial charge in [0.1, 0.15) is 11.5 Å². The van der Waals surface area contributed by atoms with Gasteiger partial charge in [-0.25, -0.2) is 0 Å². The molecule has 0 bridgehead atoms. The molecule has 2 aromatic rings. The van der Waals surface area contributed by atoms with Crippen molar-refractivity contribution < 1.29 is 9.84 Å². The minimum Gasteiger partial charge on any atom is -0.456 e. The summed E-state index contributed by atoms with van der Waals surface area (Å²) in [4.78, 5) is 0. The van der Waals surface area contributed by atoms with Crippen molar-refractivity contribution in [3.63, 3.8) is 0 Å². The third kappa shape index (κ3) is 3.18. The van der Waals surface area contributed by atoms with Crippen molar-refractivity contribution >= 4 is 39.1 Å². The zero-order chi connectivity index (χ0) is 13.1. The van der Waals surface area contributed by atoms with Gasteiger partial charge in [0.2, 0.25) is 0 Å². The third-order valence-electron chi connectivity index (χ3n) is 2.32. The summed E-state index contributed by atoms with van der Waals surface area (Å²) in [5.41, 5.74) is 0.666. The highest BCUT2D eigenvalue weighted by Gasteiger charge is 2.06. The minimum atomic E-state index is -0.0935. The summed E-state index contributed by atoms with van der Waals surface area (Å²) in [5.74, 6) is 1.24. The Morgan fingerprint density at radius 1 is 1.11 bits per heavy atom. The number of hydrogen-bond acceptors (Lipinski definition) is 2. The Hall–Kier alpha value is -0.740. The fourth-order valence-electron chi connectivity index (χ4n) is 1.40. The number of benzene rings is 2. The van der Waals surface area contributed by atoms with Gasteiger partial charge in [-0.3, -0.25) is 0 Å². The van der Waals surface area contributed by atoms with Crippen LogP contribution in [-0.4, -0.2) is 5.11 Å². The minimum absolute atomic E-state index is 0.0935. The lowest BCUT2D eigenvalue weighted by atomic mass is 10.2. The quantitative estimate of drug-likeness (QED) is 0.842. The highest BCUT2D eigenvalue weighted by atomic mass is 79.9. The molecule has 0 heterocycles. The Morgan fingerprint density at radius 2 is 1.89 bits per heavy atom. The summed E-state index contributed by atoms with van der Waals surface area (Å²) >= 11 is 15.2. The van der Waals surface area contributed by atoms with E-state index in [2.05, 4.69) is 15.9 Å². The van der Waals surface area contributed by atoms with Gasteiger partial charge >= 0.3 is 0 Å². The Bertz CT molecular complexity index is 573. The van der Waals surface area contributed by atoms with Crippen LogP contribution in [0, 0.1) is 0 Å². The molecule has 0 saturated carbocycles. The SMILES string of the molecule is OCc1ccc(Oc2ccc(Cl)cc2Br)cc1Cl. The van der Waals surface area contributed by atoms with Crippen LogP contribution in [0.5, 0.6) is 11.5 Å². The Balaban J connectivity index is 2.26. The van der Waals surface area contributed by atoms with E-state index in [1.54, 1.807) is 36.4 Å². The average molecular weight is 348 g/mol. The van der Waals surface area contributed by atoms with E-state index in [0.717, 1.165) is 4.47 Å². The third-order valence-corrected chi connectivity index (χ3v) is 3.52. The van der Waals surface area contributed by atoms with Crippen molar-refractivity contribution in [1.82, 2.24) is 0 Å². The lowest BCUT2D eigenvalue weighted by molar-refractivity contribution is 0.282. The molecule has 0 unspecified atom stereocenters. The molecule has 1 N–H and O–H groups in total. The van der Waals surface area contributed by atoms with Gasteiger partial charge in [-0.15, -0.1) is 0 Å². The lowest BCUT2D eigenvalue weighted by Crippen LogP contribution is -1.89. The highest BCUT2D eigenvalue weighted by Crippen LogP contribution is 2.33. The van der Waals surface area contributed by atoms with E-state index in [1.807, 2.05) is 0 Å². The van der Waals surface area contributed by atoms with Crippen LogP contribution in [0.25, 0.3) is 0 Å². The number of ether oxygens (including phenoxy) is 1. The molecular weight excluding hydrogens is 339 g/mol. The molecule has 0 amide bonds. The van der Waals surface area contributed by atoms with Crippen molar-refractivity contribution in [2.45, 2.75) is 6.61 Å². The zero-order valence-electron chi connectivity index (χ0n) is 9.16. The summed E-state index contributed by atoms with van der Waals surface area (Å²) in [7, 11) is 0. The van der Waals surface area contributed by atoms with Crippen molar-refractivity contribution in [2.75, 3.05) is 0 Å². The van der Waals surface area contributed by atoms with Crippen LogP contribution < -0.4 is 4.74 Å². The van der Waals surface area contributed by atoms with E-state index < -0.39 is 0 Å². The summed E-state index contributed by atoms with van der Waals surface area (Å²) in [5, 5.41) is 10.1. The predicted octanol–water partition coefficient (Wildman–Crippen LogP) is 5.04. The van der Waals surface area contributed by atoms with Crippen molar-refractivity contribution in [1.29, 1.82) is 0 Å². The van der Waals surface area contributed by atoms with E-state index in [-0.39, 0.29) is 6.61 Å². The van der Waals surface area contributed by atoms with Gasteiger partial charge in [-0.05, 0) is 51.8 Å². The second-order valence-electron chi connectivity index (χ2n) is 3.59. The molecule has 0 radical (unpaired) electrons. The van der Waals surface area contributed by atoms with Gasteiger partial charge in [-0.1, -0.05) is 29.3 Å². The Labute approximate surface area is 123 Å². The van der Waals surface area contributed by atoms with Crippen molar-refractivity contribution in [3.05, 3.63) is 56.5 Å². The first kappa shape index (κ1) is 13.7. The van der Waals surface area contributed by atoms with Gasteiger partial charge in [0, 0.05) is 10.0 Å². The van der Waals surface area contributed by atoms with Crippen LogP contribution in [0.3, 0.4) is 0 Å². The maximum absolute atomic E-state index is 9.03. The molecule has 5 heteroatoms. The van der Waals surface area contributed by atoms with Gasteiger partial charge in [0.05, 0.1) is 11.1 Å². The predicted molar refractivity (Wildman–Crippen MR) is 76.6 cm³/mol. The van der Waals surface area contributed by atoms with Crippen LogP contribution in [0.15, 0.2) is 40.9 Å². The van der Waals surface area contributed by atoms with E-state index in [4.69, 9.17) is 33.0 Å². The fraction of sp³-hybridized carbons (Fsp3) is 0.0769. The number of halogens is 3. The highest BCUT2D eigenvalue weighted by molar-refractivity contribution is 9.10. The first-order valence-corrected chi connectivity index (χ1v) is 6.67. The van der Waals surface area contributed by atoms with Crippen LogP contribution in [-0.2, 0) is 6.61 Å². The molecular formula is C13H9BrCl2O2. The van der Waals surface area contributed by atoms with Crippen LogP contribution in [0.4, 0.5) is 0 Å². The molecule has 0 spiro atoms. The number of rotatable bonds is 3. The number of hydrogen-bond donors (Lipinski definition) is 1. The molecule has 0 aliphatic rings. The van der Waals surface area contributed by atoms with Gasteiger partial charge in [0.25, 0.3) is 0 Å². The standard InChI is InChI=1S/C13H9BrCl2O2/c14-11-5-9(15)2-4-13(11)18-10-3-1-8(7-17)12(16)6-10/h1-6,17H,7H2. The molecule has 2 nitrogen and oxygen atoms in total. The second-order valence-corrected chi connectivity index (χ2v) is 5.29. The van der Waals surface area contributed by atoms with E-state index in [9.17, 15) is 0 Å². The van der Waals surface area contributed by atoms with Crippen LogP contribution >= 0.6 is 39.1 Å². The zero-order valence-corrected chi connectivity index (χ0v) is 12.3.